The summed E-state index contributed by atoms with van der Waals surface area (Å²) in [6.07, 6.45) is 1.90. The molecule has 8 heteroatoms. The Morgan fingerprint density at radius 1 is 1.02 bits per heavy atom. The monoisotopic (exact) mass is 592 g/mol. The molecule has 1 saturated heterocycles. The molecule has 2 atom stereocenters. The van der Waals surface area contributed by atoms with Crippen LogP contribution >= 0.6 is 11.6 Å². The summed E-state index contributed by atoms with van der Waals surface area (Å²) in [6, 6.07) is 18.9. The summed E-state index contributed by atoms with van der Waals surface area (Å²) in [5.41, 5.74) is 3.38. The zero-order chi connectivity index (χ0) is 30.0. The number of fused-ring (bicyclic) bond motifs is 1. The third kappa shape index (κ3) is 6.16. The quantitative estimate of drug-likeness (QED) is 0.330. The SMILES string of the molecule is COc1cc2c(cc1OC(C)C)C(c1ccc(Cl)cc1)N(c1ccc(C(C)(O)C3CCN(CCO)CC3)cc1)C(=O)C2. The van der Waals surface area contributed by atoms with Crippen LogP contribution in [0.5, 0.6) is 11.5 Å². The van der Waals surface area contributed by atoms with Gasteiger partial charge in [0.1, 0.15) is 0 Å². The average molecular weight is 593 g/mol. The minimum Gasteiger partial charge on any atom is -0.493 e. The molecular weight excluding hydrogens is 552 g/mol. The van der Waals surface area contributed by atoms with Crippen LogP contribution in [0.25, 0.3) is 0 Å². The Bertz CT molecular complexity index is 1380. The van der Waals surface area contributed by atoms with Crippen molar-refractivity contribution in [3.05, 3.63) is 87.9 Å². The molecule has 0 radical (unpaired) electrons. The molecule has 42 heavy (non-hydrogen) atoms. The lowest BCUT2D eigenvalue weighted by Gasteiger charge is -2.40. The molecule has 1 fully saturated rings. The lowest BCUT2D eigenvalue weighted by Crippen LogP contribution is -2.43. The summed E-state index contributed by atoms with van der Waals surface area (Å²) in [5.74, 6) is 1.32. The zero-order valence-corrected chi connectivity index (χ0v) is 25.6. The summed E-state index contributed by atoms with van der Waals surface area (Å²) in [7, 11) is 1.61. The van der Waals surface area contributed by atoms with Crippen molar-refractivity contribution >= 4 is 23.2 Å². The number of β-amino-alcohol motifs (C(OH)–C–C–N with tert-alkyl or cyclic N) is 1. The van der Waals surface area contributed by atoms with E-state index in [1.807, 2.05) is 86.3 Å². The minimum atomic E-state index is -1.00. The van der Waals surface area contributed by atoms with Crippen LogP contribution in [-0.4, -0.2) is 60.5 Å². The molecule has 0 aromatic heterocycles. The van der Waals surface area contributed by atoms with E-state index in [1.54, 1.807) is 7.11 Å². The topological polar surface area (TPSA) is 82.5 Å². The van der Waals surface area contributed by atoms with Crippen molar-refractivity contribution in [2.75, 3.05) is 38.3 Å². The molecule has 7 nitrogen and oxygen atoms in total. The van der Waals surface area contributed by atoms with E-state index in [9.17, 15) is 15.0 Å². The van der Waals surface area contributed by atoms with Gasteiger partial charge in [-0.05, 0) is 111 Å². The first-order valence-electron chi connectivity index (χ1n) is 14.7. The third-order valence-corrected chi connectivity index (χ3v) is 8.92. The standard InChI is InChI=1S/C34H41ClN2O5/c1-22(2)42-31-21-29-24(19-30(31)41-4)20-32(39)37(33(29)23-5-9-27(35)10-6-23)28-11-7-25(8-12-28)34(3,40)26-13-15-36(16-14-26)17-18-38/h5-12,19,21-22,26,33,38,40H,13-18,20H2,1-4H3. The summed E-state index contributed by atoms with van der Waals surface area (Å²) in [4.78, 5) is 17.9. The van der Waals surface area contributed by atoms with Crippen LogP contribution in [0.1, 0.15) is 61.9 Å². The minimum absolute atomic E-state index is 0.0298. The second kappa shape index (κ2) is 12.6. The number of carbonyl (C=O) groups is 1. The van der Waals surface area contributed by atoms with Crippen molar-refractivity contribution in [3.8, 4) is 11.5 Å². The van der Waals surface area contributed by atoms with Gasteiger partial charge in [0, 0.05) is 17.3 Å². The van der Waals surface area contributed by atoms with Crippen molar-refractivity contribution in [3.63, 3.8) is 0 Å². The van der Waals surface area contributed by atoms with Crippen LogP contribution in [0.3, 0.4) is 0 Å². The van der Waals surface area contributed by atoms with Crippen LogP contribution in [0.15, 0.2) is 60.7 Å². The predicted octanol–water partition coefficient (Wildman–Crippen LogP) is 5.73. The van der Waals surface area contributed by atoms with Gasteiger partial charge in [0.2, 0.25) is 5.91 Å². The number of aliphatic hydroxyl groups excluding tert-OH is 1. The number of likely N-dealkylation sites (tertiary alicyclic amines) is 1. The van der Waals surface area contributed by atoms with E-state index in [0.717, 1.165) is 53.9 Å². The molecule has 2 aliphatic rings. The Balaban J connectivity index is 1.51. The van der Waals surface area contributed by atoms with Crippen molar-refractivity contribution in [1.82, 2.24) is 4.90 Å². The van der Waals surface area contributed by atoms with Gasteiger partial charge in [-0.1, -0.05) is 35.9 Å². The number of methoxy groups -OCH3 is 1. The van der Waals surface area contributed by atoms with Gasteiger partial charge in [-0.25, -0.2) is 0 Å². The molecule has 2 heterocycles. The zero-order valence-electron chi connectivity index (χ0n) is 24.8. The molecule has 5 rings (SSSR count). The Hall–Kier alpha value is -3.10. The number of benzene rings is 3. The van der Waals surface area contributed by atoms with Crippen molar-refractivity contribution in [2.24, 2.45) is 5.92 Å². The Kier molecular flexibility index (Phi) is 9.14. The number of nitrogens with zero attached hydrogens (tertiary/aromatic N) is 2. The van der Waals surface area contributed by atoms with E-state index < -0.39 is 11.6 Å². The third-order valence-electron chi connectivity index (χ3n) is 8.67. The molecule has 0 bridgehead atoms. The number of hydrogen-bond donors (Lipinski definition) is 2. The van der Waals surface area contributed by atoms with Crippen LogP contribution in [0, 0.1) is 5.92 Å². The van der Waals surface area contributed by atoms with Crippen molar-refractivity contribution in [2.45, 2.75) is 57.8 Å². The second-order valence-electron chi connectivity index (χ2n) is 11.8. The highest BCUT2D eigenvalue weighted by atomic mass is 35.5. The van der Waals surface area contributed by atoms with E-state index in [2.05, 4.69) is 4.90 Å². The molecular formula is C34H41ClN2O5. The van der Waals surface area contributed by atoms with E-state index in [1.165, 1.54) is 0 Å². The molecule has 3 aromatic rings. The molecule has 2 N–H and O–H groups in total. The first kappa shape index (κ1) is 30.4. The number of carbonyl (C=O) groups excluding carboxylic acids is 1. The van der Waals surface area contributed by atoms with Crippen molar-refractivity contribution in [1.29, 1.82) is 0 Å². The number of aliphatic hydroxyl groups is 2. The van der Waals surface area contributed by atoms with Gasteiger partial charge < -0.3 is 29.5 Å². The first-order chi connectivity index (χ1) is 20.1. The van der Waals surface area contributed by atoms with E-state index in [-0.39, 0.29) is 31.0 Å². The molecule has 0 spiro atoms. The van der Waals surface area contributed by atoms with E-state index in [4.69, 9.17) is 21.1 Å². The molecule has 1 amide bonds. The summed E-state index contributed by atoms with van der Waals surface area (Å²) >= 11 is 6.25. The number of rotatable bonds is 9. The highest BCUT2D eigenvalue weighted by Crippen LogP contribution is 2.44. The van der Waals surface area contributed by atoms with Crippen LogP contribution in [0.2, 0.25) is 5.02 Å². The highest BCUT2D eigenvalue weighted by molar-refractivity contribution is 6.30. The fourth-order valence-electron chi connectivity index (χ4n) is 6.38. The number of halogens is 1. The van der Waals surface area contributed by atoms with Crippen LogP contribution < -0.4 is 14.4 Å². The Morgan fingerprint density at radius 2 is 1.69 bits per heavy atom. The molecule has 2 aliphatic heterocycles. The second-order valence-corrected chi connectivity index (χ2v) is 12.2. The summed E-state index contributed by atoms with van der Waals surface area (Å²) in [6.45, 7) is 8.37. The fourth-order valence-corrected chi connectivity index (χ4v) is 6.51. The van der Waals surface area contributed by atoms with Gasteiger partial charge in [0.15, 0.2) is 11.5 Å². The van der Waals surface area contributed by atoms with Gasteiger partial charge in [-0.15, -0.1) is 0 Å². The van der Waals surface area contributed by atoms with Crippen LogP contribution in [0.4, 0.5) is 5.69 Å². The molecule has 3 aromatic carbocycles. The number of anilines is 1. The van der Waals surface area contributed by atoms with Crippen molar-refractivity contribution < 1.29 is 24.5 Å². The maximum absolute atomic E-state index is 13.8. The Labute approximate surface area is 253 Å². The summed E-state index contributed by atoms with van der Waals surface area (Å²) in [5, 5.41) is 21.5. The van der Waals surface area contributed by atoms with E-state index in [0.29, 0.717) is 23.1 Å². The lowest BCUT2D eigenvalue weighted by atomic mass is 9.77. The van der Waals surface area contributed by atoms with Gasteiger partial charge in [0.05, 0.1) is 37.9 Å². The lowest BCUT2D eigenvalue weighted by molar-refractivity contribution is -0.118. The fraction of sp³-hybridized carbons (Fsp3) is 0.441. The normalized spacial score (nSPS) is 19.5. The molecule has 0 saturated carbocycles. The number of hydrogen-bond acceptors (Lipinski definition) is 6. The van der Waals surface area contributed by atoms with E-state index >= 15 is 0 Å². The summed E-state index contributed by atoms with van der Waals surface area (Å²) < 4.78 is 11.7. The maximum Gasteiger partial charge on any atom is 0.232 e. The molecule has 0 aliphatic carbocycles. The molecule has 2 unspecified atom stereocenters. The van der Waals surface area contributed by atoms with Gasteiger partial charge in [-0.2, -0.15) is 0 Å². The van der Waals surface area contributed by atoms with Crippen LogP contribution in [-0.2, 0) is 16.8 Å². The number of piperidine rings is 1. The first-order valence-corrected chi connectivity index (χ1v) is 15.1. The smallest absolute Gasteiger partial charge is 0.232 e. The average Bonchev–Trinajstić information content (AvgIpc) is 2.97. The largest absolute Gasteiger partial charge is 0.493 e. The van der Waals surface area contributed by atoms with Gasteiger partial charge >= 0.3 is 0 Å². The predicted molar refractivity (Wildman–Crippen MR) is 166 cm³/mol. The number of amides is 1. The highest BCUT2D eigenvalue weighted by Gasteiger charge is 2.38. The Morgan fingerprint density at radius 3 is 2.29 bits per heavy atom. The molecule has 224 valence electrons. The maximum atomic E-state index is 13.8. The van der Waals surface area contributed by atoms with Gasteiger partial charge in [-0.3, -0.25) is 4.79 Å². The number of ether oxygens (including phenoxy) is 2. The van der Waals surface area contributed by atoms with Gasteiger partial charge in [0.25, 0.3) is 0 Å².